The summed E-state index contributed by atoms with van der Waals surface area (Å²) in [5, 5.41) is 0.369. The van der Waals surface area contributed by atoms with Gasteiger partial charge in [0.15, 0.2) is 9.84 Å². The number of sulfone groups is 1. The standard InChI is InChI=1S/C17H25N5O4S2/c1-21(17-15-3-5-18-16(15)19-11-20-17)13-7-12(8-13)10-28(25,26)22-6-4-14(9-22)27(2,23)24/h3,5,11-14H,4,6-10H2,1-2H3,(H,18,19,20). The Morgan fingerprint density at radius 2 is 2.00 bits per heavy atom. The van der Waals surface area contributed by atoms with Crippen molar-refractivity contribution in [1.29, 1.82) is 0 Å². The van der Waals surface area contributed by atoms with Gasteiger partial charge in [-0.05, 0) is 31.2 Å². The van der Waals surface area contributed by atoms with Crippen molar-refractivity contribution in [3.05, 3.63) is 18.6 Å². The van der Waals surface area contributed by atoms with Gasteiger partial charge < -0.3 is 9.88 Å². The maximum Gasteiger partial charge on any atom is 0.214 e. The van der Waals surface area contributed by atoms with E-state index in [0.29, 0.717) is 13.0 Å². The minimum Gasteiger partial charge on any atom is -0.356 e. The first-order valence-electron chi connectivity index (χ1n) is 9.33. The molecule has 28 heavy (non-hydrogen) atoms. The molecule has 2 aromatic heterocycles. The summed E-state index contributed by atoms with van der Waals surface area (Å²) in [5.41, 5.74) is 0.782. The molecule has 4 rings (SSSR count). The molecule has 1 saturated carbocycles. The Kier molecular flexibility index (Phi) is 4.87. The summed E-state index contributed by atoms with van der Waals surface area (Å²) in [6, 6.07) is 2.17. The van der Waals surface area contributed by atoms with E-state index in [9.17, 15) is 16.8 Å². The molecular weight excluding hydrogens is 402 g/mol. The predicted molar refractivity (Wildman–Crippen MR) is 107 cm³/mol. The highest BCUT2D eigenvalue weighted by molar-refractivity contribution is 7.91. The van der Waals surface area contributed by atoms with Crippen molar-refractivity contribution < 1.29 is 16.8 Å². The monoisotopic (exact) mass is 427 g/mol. The van der Waals surface area contributed by atoms with E-state index in [4.69, 9.17) is 0 Å². The van der Waals surface area contributed by atoms with E-state index >= 15 is 0 Å². The first kappa shape index (κ1) is 19.6. The summed E-state index contributed by atoms with van der Waals surface area (Å²) < 4.78 is 50.1. The van der Waals surface area contributed by atoms with Gasteiger partial charge in [0.1, 0.15) is 17.8 Å². The normalized spacial score (nSPS) is 26.4. The highest BCUT2D eigenvalue weighted by Crippen LogP contribution is 2.36. The average Bonchev–Trinajstić information content (AvgIpc) is 3.25. The van der Waals surface area contributed by atoms with Crippen LogP contribution >= 0.6 is 0 Å². The molecular formula is C17H25N5O4S2. The number of sulfonamides is 1. The van der Waals surface area contributed by atoms with Gasteiger partial charge in [0.05, 0.1) is 16.4 Å². The Bertz CT molecular complexity index is 1080. The molecule has 1 aliphatic heterocycles. The fourth-order valence-corrected chi connectivity index (χ4v) is 7.12. The fraction of sp³-hybridized carbons (Fsp3) is 0.647. The van der Waals surface area contributed by atoms with Crippen LogP contribution in [0.4, 0.5) is 5.82 Å². The van der Waals surface area contributed by atoms with Crippen molar-refractivity contribution in [2.24, 2.45) is 5.92 Å². The molecule has 0 radical (unpaired) electrons. The van der Waals surface area contributed by atoms with E-state index in [1.54, 1.807) is 0 Å². The second-order valence-corrected chi connectivity index (χ2v) is 12.3. The maximum atomic E-state index is 12.7. The molecule has 1 atom stereocenters. The van der Waals surface area contributed by atoms with Crippen LogP contribution in [-0.2, 0) is 19.9 Å². The van der Waals surface area contributed by atoms with Gasteiger partial charge in [0.25, 0.3) is 0 Å². The third kappa shape index (κ3) is 3.62. The molecule has 1 saturated heterocycles. The lowest BCUT2D eigenvalue weighted by Crippen LogP contribution is -2.47. The molecule has 2 aromatic rings. The van der Waals surface area contributed by atoms with Gasteiger partial charge in [0, 0.05) is 38.6 Å². The lowest BCUT2D eigenvalue weighted by molar-refractivity contribution is 0.279. The van der Waals surface area contributed by atoms with E-state index < -0.39 is 25.1 Å². The van der Waals surface area contributed by atoms with Crippen molar-refractivity contribution >= 4 is 36.7 Å². The summed E-state index contributed by atoms with van der Waals surface area (Å²) >= 11 is 0. The summed E-state index contributed by atoms with van der Waals surface area (Å²) in [4.78, 5) is 13.7. The van der Waals surface area contributed by atoms with Crippen LogP contribution in [0.25, 0.3) is 11.0 Å². The van der Waals surface area contributed by atoms with Crippen molar-refractivity contribution in [2.75, 3.05) is 37.0 Å². The first-order valence-corrected chi connectivity index (χ1v) is 12.9. The summed E-state index contributed by atoms with van der Waals surface area (Å²) in [5.74, 6) is 1.00. The van der Waals surface area contributed by atoms with Crippen molar-refractivity contribution in [2.45, 2.75) is 30.6 Å². The SMILES string of the molecule is CN(c1ncnc2[nH]ccc12)C1CC(CS(=O)(=O)N2CCC(S(C)(=O)=O)C2)C1. The molecule has 0 amide bonds. The number of H-pyrrole nitrogens is 1. The molecule has 9 nitrogen and oxygen atoms in total. The van der Waals surface area contributed by atoms with Crippen LogP contribution in [0.3, 0.4) is 0 Å². The van der Waals surface area contributed by atoms with Crippen LogP contribution in [0.5, 0.6) is 0 Å². The zero-order valence-electron chi connectivity index (χ0n) is 15.9. The number of rotatable bonds is 6. The Morgan fingerprint density at radius 3 is 2.68 bits per heavy atom. The Balaban J connectivity index is 1.36. The lowest BCUT2D eigenvalue weighted by Gasteiger charge is -2.42. The zero-order valence-corrected chi connectivity index (χ0v) is 17.6. The van der Waals surface area contributed by atoms with Crippen molar-refractivity contribution in [3.63, 3.8) is 0 Å². The number of aromatic nitrogens is 3. The lowest BCUT2D eigenvalue weighted by atomic mass is 9.81. The zero-order chi connectivity index (χ0) is 20.1. The summed E-state index contributed by atoms with van der Waals surface area (Å²) in [6.07, 6.45) is 6.46. The minimum absolute atomic E-state index is 0.0805. The largest absolute Gasteiger partial charge is 0.356 e. The topological polar surface area (TPSA) is 116 Å². The van der Waals surface area contributed by atoms with Crippen molar-refractivity contribution in [3.8, 4) is 0 Å². The second-order valence-electron chi connectivity index (χ2n) is 7.92. The van der Waals surface area contributed by atoms with E-state index in [-0.39, 0.29) is 24.3 Å². The molecule has 0 bridgehead atoms. The average molecular weight is 428 g/mol. The fourth-order valence-electron chi connectivity index (χ4n) is 4.17. The molecule has 2 aliphatic rings. The van der Waals surface area contributed by atoms with Gasteiger partial charge in [0.2, 0.25) is 10.0 Å². The Hall–Kier alpha value is -1.72. The second kappa shape index (κ2) is 6.96. The Morgan fingerprint density at radius 1 is 1.25 bits per heavy atom. The van der Waals surface area contributed by atoms with Crippen molar-refractivity contribution in [1.82, 2.24) is 19.3 Å². The smallest absolute Gasteiger partial charge is 0.214 e. The molecule has 1 aliphatic carbocycles. The van der Waals surface area contributed by atoms with Crippen LogP contribution in [-0.4, -0.2) is 79.5 Å². The molecule has 2 fully saturated rings. The predicted octanol–water partition coefficient (Wildman–Crippen LogP) is 0.621. The molecule has 1 N–H and O–H groups in total. The van der Waals surface area contributed by atoms with Crippen LogP contribution < -0.4 is 4.90 Å². The van der Waals surface area contributed by atoms with Crippen LogP contribution in [0.2, 0.25) is 0 Å². The minimum atomic E-state index is -3.43. The molecule has 0 spiro atoms. The summed E-state index contributed by atoms with van der Waals surface area (Å²) in [6.45, 7) is 0.381. The van der Waals surface area contributed by atoms with Gasteiger partial charge >= 0.3 is 0 Å². The third-order valence-corrected chi connectivity index (χ3v) is 9.59. The summed E-state index contributed by atoms with van der Waals surface area (Å²) in [7, 11) is -4.67. The quantitative estimate of drug-likeness (QED) is 0.718. The van der Waals surface area contributed by atoms with Gasteiger partial charge in [-0.1, -0.05) is 0 Å². The van der Waals surface area contributed by atoms with Gasteiger partial charge in [-0.15, -0.1) is 0 Å². The van der Waals surface area contributed by atoms with Gasteiger partial charge in [-0.3, -0.25) is 0 Å². The number of anilines is 1. The Labute approximate surface area is 165 Å². The van der Waals surface area contributed by atoms with Gasteiger partial charge in [-0.25, -0.2) is 31.1 Å². The van der Waals surface area contributed by atoms with E-state index in [1.807, 2.05) is 19.3 Å². The van der Waals surface area contributed by atoms with E-state index in [0.717, 1.165) is 29.7 Å². The van der Waals surface area contributed by atoms with E-state index in [1.165, 1.54) is 16.9 Å². The number of hydrogen-bond acceptors (Lipinski definition) is 7. The van der Waals surface area contributed by atoms with Crippen LogP contribution in [0, 0.1) is 5.92 Å². The molecule has 3 heterocycles. The number of nitrogens with one attached hydrogen (secondary N) is 1. The molecule has 11 heteroatoms. The number of nitrogens with zero attached hydrogens (tertiary/aromatic N) is 4. The van der Waals surface area contributed by atoms with E-state index in [2.05, 4.69) is 19.9 Å². The van der Waals surface area contributed by atoms with Crippen LogP contribution in [0.15, 0.2) is 18.6 Å². The van der Waals surface area contributed by atoms with Gasteiger partial charge in [-0.2, -0.15) is 0 Å². The first-order chi connectivity index (χ1) is 13.1. The molecule has 1 unspecified atom stereocenters. The highest BCUT2D eigenvalue weighted by atomic mass is 32.2. The molecule has 0 aromatic carbocycles. The number of hydrogen-bond donors (Lipinski definition) is 1. The highest BCUT2D eigenvalue weighted by Gasteiger charge is 2.41. The molecule has 154 valence electrons. The number of aromatic amines is 1. The maximum absolute atomic E-state index is 12.7. The third-order valence-electron chi connectivity index (χ3n) is 5.98. The number of fused-ring (bicyclic) bond motifs is 1. The van der Waals surface area contributed by atoms with Crippen LogP contribution in [0.1, 0.15) is 19.3 Å².